The number of anilines is 1. The number of likely N-dealkylation sites (N-methyl/N-ethyl adjacent to an activating group) is 1. The predicted octanol–water partition coefficient (Wildman–Crippen LogP) is 2.92. The first-order valence-electron chi connectivity index (χ1n) is 10.3. The number of likely N-dealkylation sites (tertiary alicyclic amines) is 1. The number of hydrogen-bond donors (Lipinski definition) is 0. The molecule has 0 aliphatic carbocycles. The Morgan fingerprint density at radius 2 is 2.10 bits per heavy atom. The highest BCUT2D eigenvalue weighted by molar-refractivity contribution is 6.08. The molecule has 29 heavy (non-hydrogen) atoms. The van der Waals surface area contributed by atoms with Crippen LogP contribution in [-0.2, 0) is 0 Å². The molecule has 0 amide bonds. The van der Waals surface area contributed by atoms with Crippen molar-refractivity contribution in [3.63, 3.8) is 0 Å². The molecule has 0 saturated carbocycles. The lowest BCUT2D eigenvalue weighted by molar-refractivity contribution is 0.251. The second-order valence-electron chi connectivity index (χ2n) is 8.09. The summed E-state index contributed by atoms with van der Waals surface area (Å²) in [5.41, 5.74) is 4.91. The first kappa shape index (κ1) is 19.6. The van der Waals surface area contributed by atoms with Gasteiger partial charge in [0, 0.05) is 44.5 Å². The summed E-state index contributed by atoms with van der Waals surface area (Å²) >= 11 is 0. The first-order chi connectivity index (χ1) is 13.9. The standard InChI is InChI=1S/C23H29N5O/c1-6-26-12-19-10-18(26)14-27(19)17-7-8-22-25-21(11-23(29)28(22)13-17)20(24-5)9-16(4)15(2)3/h7-9,11,13,18-19H,2,6,10,12,14H2,1,3-5H3/b16-9+,24-20?/t18-,19-/m0/s1. The molecule has 0 unspecified atom stereocenters. The molecule has 2 aliphatic rings. The molecule has 2 bridgehead atoms. The molecule has 2 aromatic rings. The molecule has 2 atom stereocenters. The summed E-state index contributed by atoms with van der Waals surface area (Å²) in [5, 5.41) is 0. The minimum absolute atomic E-state index is 0.0890. The summed E-state index contributed by atoms with van der Waals surface area (Å²) < 4.78 is 1.64. The van der Waals surface area contributed by atoms with Crippen LogP contribution in [0.5, 0.6) is 0 Å². The summed E-state index contributed by atoms with van der Waals surface area (Å²) in [7, 11) is 1.71. The SMILES string of the molecule is C=C(C)/C(C)=C/C(=NC)c1cc(=O)n2cc(N3C[C@@H]4C[C@H]3CN4CC)ccc2n1. The lowest BCUT2D eigenvalue weighted by atomic mass is 10.1. The summed E-state index contributed by atoms with van der Waals surface area (Å²) in [6, 6.07) is 6.75. The van der Waals surface area contributed by atoms with Crippen molar-refractivity contribution in [1.82, 2.24) is 14.3 Å². The molecule has 2 aliphatic heterocycles. The Balaban J connectivity index is 1.67. The number of aromatic nitrogens is 2. The van der Waals surface area contributed by atoms with E-state index in [0.29, 0.717) is 29.1 Å². The highest BCUT2D eigenvalue weighted by Crippen LogP contribution is 2.34. The van der Waals surface area contributed by atoms with Crippen LogP contribution in [0.4, 0.5) is 5.69 Å². The van der Waals surface area contributed by atoms with Crippen LogP contribution in [0.1, 0.15) is 32.9 Å². The highest BCUT2D eigenvalue weighted by Gasteiger charge is 2.42. The van der Waals surface area contributed by atoms with Crippen molar-refractivity contribution in [2.24, 2.45) is 4.99 Å². The van der Waals surface area contributed by atoms with Crippen LogP contribution in [0.2, 0.25) is 0 Å². The Morgan fingerprint density at radius 3 is 2.72 bits per heavy atom. The lowest BCUT2D eigenvalue weighted by Gasteiger charge is -2.35. The number of rotatable bonds is 5. The van der Waals surface area contributed by atoms with Gasteiger partial charge >= 0.3 is 0 Å². The zero-order chi connectivity index (χ0) is 20.7. The third-order valence-corrected chi connectivity index (χ3v) is 6.27. The predicted molar refractivity (Wildman–Crippen MR) is 119 cm³/mol. The Bertz CT molecular complexity index is 1080. The molecular weight excluding hydrogens is 362 g/mol. The number of allylic oxidation sites excluding steroid dienone is 3. The van der Waals surface area contributed by atoms with E-state index in [1.807, 2.05) is 32.2 Å². The Labute approximate surface area is 171 Å². The molecule has 4 rings (SSSR count). The average Bonchev–Trinajstić information content (AvgIpc) is 3.32. The van der Waals surface area contributed by atoms with Gasteiger partial charge in [0.05, 0.1) is 17.1 Å². The molecule has 2 aromatic heterocycles. The first-order valence-corrected chi connectivity index (χ1v) is 10.3. The minimum atomic E-state index is -0.0890. The number of aliphatic imine (C=N–C) groups is 1. The minimum Gasteiger partial charge on any atom is -0.364 e. The van der Waals surface area contributed by atoms with Gasteiger partial charge in [0.25, 0.3) is 5.56 Å². The summed E-state index contributed by atoms with van der Waals surface area (Å²) in [6.45, 7) is 13.4. The third-order valence-electron chi connectivity index (χ3n) is 6.27. The molecule has 6 nitrogen and oxygen atoms in total. The number of pyridine rings is 1. The van der Waals surface area contributed by atoms with Crippen LogP contribution in [0.3, 0.4) is 0 Å². The van der Waals surface area contributed by atoms with Gasteiger partial charge in [-0.15, -0.1) is 0 Å². The van der Waals surface area contributed by atoms with Crippen LogP contribution >= 0.6 is 0 Å². The molecule has 6 heteroatoms. The summed E-state index contributed by atoms with van der Waals surface area (Å²) in [6.07, 6.45) is 5.07. The van der Waals surface area contributed by atoms with E-state index in [1.165, 1.54) is 6.42 Å². The van der Waals surface area contributed by atoms with Crippen LogP contribution in [0, 0.1) is 0 Å². The topological polar surface area (TPSA) is 53.2 Å². The monoisotopic (exact) mass is 391 g/mol. The van der Waals surface area contributed by atoms with E-state index in [9.17, 15) is 4.79 Å². The fourth-order valence-electron chi connectivity index (χ4n) is 4.43. The molecule has 4 heterocycles. The maximum absolute atomic E-state index is 12.9. The van der Waals surface area contributed by atoms with Gasteiger partial charge < -0.3 is 4.90 Å². The molecule has 2 saturated heterocycles. The quantitative estimate of drug-likeness (QED) is 0.581. The van der Waals surface area contributed by atoms with E-state index < -0.39 is 0 Å². The zero-order valence-corrected chi connectivity index (χ0v) is 17.7. The van der Waals surface area contributed by atoms with Gasteiger partial charge in [0.2, 0.25) is 0 Å². The molecule has 0 radical (unpaired) electrons. The van der Waals surface area contributed by atoms with Crippen molar-refractivity contribution in [3.05, 3.63) is 64.2 Å². The van der Waals surface area contributed by atoms with Gasteiger partial charge in [0.1, 0.15) is 5.65 Å². The van der Waals surface area contributed by atoms with E-state index >= 15 is 0 Å². The zero-order valence-electron chi connectivity index (χ0n) is 17.7. The van der Waals surface area contributed by atoms with Gasteiger partial charge in [0.15, 0.2) is 0 Å². The lowest BCUT2D eigenvalue weighted by Crippen LogP contribution is -2.46. The maximum atomic E-state index is 12.9. The fraction of sp³-hybridized carbons (Fsp3) is 0.435. The van der Waals surface area contributed by atoms with Crippen molar-refractivity contribution in [3.8, 4) is 0 Å². The van der Waals surface area contributed by atoms with Gasteiger partial charge in [-0.1, -0.05) is 19.1 Å². The highest BCUT2D eigenvalue weighted by atomic mass is 16.1. The summed E-state index contributed by atoms with van der Waals surface area (Å²) in [4.78, 5) is 26.9. The Morgan fingerprint density at radius 1 is 1.31 bits per heavy atom. The number of fused-ring (bicyclic) bond motifs is 3. The van der Waals surface area contributed by atoms with Crippen molar-refractivity contribution < 1.29 is 0 Å². The molecule has 0 aromatic carbocycles. The third kappa shape index (κ3) is 3.53. The number of nitrogens with zero attached hydrogens (tertiary/aromatic N) is 5. The van der Waals surface area contributed by atoms with Gasteiger partial charge in [-0.25, -0.2) is 4.98 Å². The van der Waals surface area contributed by atoms with Crippen LogP contribution < -0.4 is 10.5 Å². The van der Waals surface area contributed by atoms with Crippen molar-refractivity contribution in [2.75, 3.05) is 31.6 Å². The van der Waals surface area contributed by atoms with Gasteiger partial charge in [-0.2, -0.15) is 0 Å². The van der Waals surface area contributed by atoms with E-state index in [4.69, 9.17) is 4.98 Å². The molecule has 2 fully saturated rings. The van der Waals surface area contributed by atoms with E-state index in [0.717, 1.165) is 36.5 Å². The summed E-state index contributed by atoms with van der Waals surface area (Å²) in [5.74, 6) is 0. The molecular formula is C23H29N5O. The van der Waals surface area contributed by atoms with Crippen molar-refractivity contribution in [1.29, 1.82) is 0 Å². The molecule has 152 valence electrons. The molecule has 0 spiro atoms. The number of piperazine rings is 1. The van der Waals surface area contributed by atoms with E-state index in [-0.39, 0.29) is 5.56 Å². The van der Waals surface area contributed by atoms with Crippen LogP contribution in [0.15, 0.2) is 58.0 Å². The van der Waals surface area contributed by atoms with Crippen molar-refractivity contribution in [2.45, 2.75) is 39.3 Å². The van der Waals surface area contributed by atoms with E-state index in [2.05, 4.69) is 34.4 Å². The van der Waals surface area contributed by atoms with Gasteiger partial charge in [-0.05, 0) is 50.6 Å². The second kappa shape index (κ2) is 7.59. The average molecular weight is 392 g/mol. The maximum Gasteiger partial charge on any atom is 0.258 e. The number of hydrogen-bond acceptors (Lipinski definition) is 5. The molecule has 0 N–H and O–H groups in total. The largest absolute Gasteiger partial charge is 0.364 e. The van der Waals surface area contributed by atoms with Crippen molar-refractivity contribution >= 4 is 17.0 Å². The van der Waals surface area contributed by atoms with Crippen LogP contribution in [0.25, 0.3) is 5.65 Å². The van der Waals surface area contributed by atoms with Gasteiger partial charge in [-0.3, -0.25) is 19.1 Å². The smallest absolute Gasteiger partial charge is 0.258 e. The van der Waals surface area contributed by atoms with Crippen LogP contribution in [-0.4, -0.2) is 58.8 Å². The Hall–Kier alpha value is -2.73. The Kier molecular flexibility index (Phi) is 5.13. The second-order valence-corrected chi connectivity index (χ2v) is 8.09. The normalized spacial score (nSPS) is 22.7. The fourth-order valence-corrected chi connectivity index (χ4v) is 4.43. The van der Waals surface area contributed by atoms with E-state index in [1.54, 1.807) is 17.5 Å².